The molecule has 31 heavy (non-hydrogen) atoms. The van der Waals surface area contributed by atoms with Gasteiger partial charge in [0.15, 0.2) is 0 Å². The van der Waals surface area contributed by atoms with Crippen LogP contribution in [0.5, 0.6) is 0 Å². The van der Waals surface area contributed by atoms with Crippen LogP contribution in [0.25, 0.3) is 16.6 Å². The van der Waals surface area contributed by atoms with E-state index in [0.29, 0.717) is 0 Å². The normalized spacial score (nSPS) is 16.0. The van der Waals surface area contributed by atoms with Gasteiger partial charge in [-0.15, -0.1) is 10.2 Å². The highest BCUT2D eigenvalue weighted by Gasteiger charge is 2.29. The van der Waals surface area contributed by atoms with Gasteiger partial charge in [-0.25, -0.2) is 0 Å². The number of nitrogens with zero attached hydrogens (tertiary/aromatic N) is 4. The van der Waals surface area contributed by atoms with E-state index in [1.165, 1.54) is 59.0 Å². The molecule has 1 aliphatic heterocycles. The summed E-state index contributed by atoms with van der Waals surface area (Å²) in [6.07, 6.45) is 9.25. The molecule has 0 bridgehead atoms. The Morgan fingerprint density at radius 3 is 2.55 bits per heavy atom. The third kappa shape index (κ3) is 4.55. The number of aryl methyl sites for hydroxylation is 1. The van der Waals surface area contributed by atoms with Crippen molar-refractivity contribution in [2.45, 2.75) is 25.8 Å². The molecule has 5 rings (SSSR count). The van der Waals surface area contributed by atoms with Crippen LogP contribution in [-0.4, -0.2) is 57.0 Å². The van der Waals surface area contributed by atoms with Gasteiger partial charge in [0.1, 0.15) is 19.2 Å². The van der Waals surface area contributed by atoms with Crippen LogP contribution in [0.2, 0.25) is 0 Å². The van der Waals surface area contributed by atoms with Gasteiger partial charge in [-0.05, 0) is 43.0 Å². The fourth-order valence-electron chi connectivity index (χ4n) is 4.93. The number of fused-ring (bicyclic) bond motifs is 1. The highest BCUT2D eigenvalue weighted by atomic mass is 15.4. The zero-order chi connectivity index (χ0) is 20.9. The van der Waals surface area contributed by atoms with Gasteiger partial charge < -0.3 is 14.8 Å². The number of benzene rings is 2. The molecule has 3 heterocycles. The fraction of sp³-hybridized carbons (Fsp3) is 0.360. The molecular weight excluding hydrogens is 384 g/mol. The third-order valence-corrected chi connectivity index (χ3v) is 6.68. The monoisotopic (exact) mass is 415 g/mol. The lowest BCUT2D eigenvalue weighted by molar-refractivity contribution is -0.942. The van der Waals surface area contributed by atoms with E-state index in [-0.39, 0.29) is 0 Å². The predicted molar refractivity (Wildman–Crippen MR) is 124 cm³/mol. The Kier molecular flexibility index (Phi) is 5.82. The predicted octanol–water partition coefficient (Wildman–Crippen LogP) is 3.69. The van der Waals surface area contributed by atoms with Crippen molar-refractivity contribution < 1.29 is 4.48 Å². The third-order valence-electron chi connectivity index (χ3n) is 6.68. The summed E-state index contributed by atoms with van der Waals surface area (Å²) >= 11 is 0. The standard InChI is InChI=1S/C25H31N6/c1-2-6-21(7-3-1)18-31(14-11-26-12-15-31)13-5-4-8-22-17-27-25-10-9-23(16-24(22)25)30-19-28-29-20-30/h1-3,6-7,9-10,16-17,19-20,26-27H,4-5,8,11-15,18H2/q+1. The van der Waals surface area contributed by atoms with Gasteiger partial charge in [-0.3, -0.25) is 4.57 Å². The summed E-state index contributed by atoms with van der Waals surface area (Å²) in [6, 6.07) is 17.5. The maximum atomic E-state index is 3.93. The molecule has 2 aromatic carbocycles. The zero-order valence-corrected chi connectivity index (χ0v) is 18.0. The smallest absolute Gasteiger partial charge is 0.123 e. The molecule has 0 aliphatic carbocycles. The average Bonchev–Trinajstić information content (AvgIpc) is 3.48. The maximum absolute atomic E-state index is 3.93. The van der Waals surface area contributed by atoms with Crippen molar-refractivity contribution in [2.24, 2.45) is 0 Å². The minimum Gasteiger partial charge on any atom is -0.361 e. The molecule has 0 saturated carbocycles. The molecular formula is C25H31N6+. The molecule has 0 unspecified atom stereocenters. The van der Waals surface area contributed by atoms with Crippen molar-refractivity contribution in [3.8, 4) is 5.69 Å². The first-order valence-corrected chi connectivity index (χ1v) is 11.4. The number of quaternary nitrogens is 1. The van der Waals surface area contributed by atoms with Gasteiger partial charge in [-0.2, -0.15) is 0 Å². The minimum absolute atomic E-state index is 1.10. The Morgan fingerprint density at radius 1 is 0.935 bits per heavy atom. The summed E-state index contributed by atoms with van der Waals surface area (Å²) in [7, 11) is 0. The number of H-pyrrole nitrogens is 1. The number of aromatic nitrogens is 4. The summed E-state index contributed by atoms with van der Waals surface area (Å²) in [6.45, 7) is 7.11. The molecule has 4 aromatic rings. The van der Waals surface area contributed by atoms with Crippen LogP contribution in [0.15, 0.2) is 67.4 Å². The molecule has 160 valence electrons. The van der Waals surface area contributed by atoms with Gasteiger partial charge in [0.05, 0.1) is 19.6 Å². The molecule has 1 saturated heterocycles. The zero-order valence-electron chi connectivity index (χ0n) is 18.0. The Balaban J connectivity index is 1.24. The van der Waals surface area contributed by atoms with Crippen LogP contribution in [0, 0.1) is 0 Å². The van der Waals surface area contributed by atoms with E-state index in [1.54, 1.807) is 12.7 Å². The van der Waals surface area contributed by atoms with Crippen molar-refractivity contribution in [3.05, 3.63) is 78.5 Å². The van der Waals surface area contributed by atoms with E-state index in [0.717, 1.165) is 31.7 Å². The van der Waals surface area contributed by atoms with E-state index in [1.807, 2.05) is 4.57 Å². The molecule has 2 aromatic heterocycles. The highest BCUT2D eigenvalue weighted by Crippen LogP contribution is 2.24. The lowest BCUT2D eigenvalue weighted by Crippen LogP contribution is -2.58. The Hall–Kier alpha value is -2.96. The molecule has 0 spiro atoms. The highest BCUT2D eigenvalue weighted by molar-refractivity contribution is 5.85. The molecule has 0 amide bonds. The van der Waals surface area contributed by atoms with Crippen molar-refractivity contribution >= 4 is 10.9 Å². The number of nitrogens with one attached hydrogen (secondary N) is 2. The molecule has 1 fully saturated rings. The van der Waals surface area contributed by atoms with Crippen LogP contribution in [0.1, 0.15) is 24.0 Å². The number of piperazine rings is 1. The lowest BCUT2D eigenvalue weighted by atomic mass is 10.0. The number of unbranched alkanes of at least 4 members (excludes halogenated alkanes) is 1. The van der Waals surface area contributed by atoms with Crippen LogP contribution < -0.4 is 5.32 Å². The van der Waals surface area contributed by atoms with E-state index in [2.05, 4.69) is 75.2 Å². The van der Waals surface area contributed by atoms with Crippen molar-refractivity contribution in [1.82, 2.24) is 25.1 Å². The summed E-state index contributed by atoms with van der Waals surface area (Å²) in [5, 5.41) is 12.7. The Labute approximate surface area is 183 Å². The van der Waals surface area contributed by atoms with Gasteiger partial charge in [-0.1, -0.05) is 30.3 Å². The summed E-state index contributed by atoms with van der Waals surface area (Å²) in [4.78, 5) is 3.44. The largest absolute Gasteiger partial charge is 0.361 e. The summed E-state index contributed by atoms with van der Waals surface area (Å²) in [5.41, 5.74) is 5.16. The fourth-order valence-corrected chi connectivity index (χ4v) is 4.93. The average molecular weight is 416 g/mol. The van der Waals surface area contributed by atoms with Gasteiger partial charge in [0, 0.05) is 41.4 Å². The minimum atomic E-state index is 1.10. The Morgan fingerprint density at radius 2 is 1.74 bits per heavy atom. The number of rotatable bonds is 8. The van der Waals surface area contributed by atoms with E-state index in [9.17, 15) is 0 Å². The second kappa shape index (κ2) is 9.04. The van der Waals surface area contributed by atoms with Crippen molar-refractivity contribution in [1.29, 1.82) is 0 Å². The van der Waals surface area contributed by atoms with Crippen molar-refractivity contribution in [2.75, 3.05) is 32.7 Å². The second-order valence-corrected chi connectivity index (χ2v) is 8.78. The van der Waals surface area contributed by atoms with E-state index < -0.39 is 0 Å². The van der Waals surface area contributed by atoms with Crippen molar-refractivity contribution in [3.63, 3.8) is 0 Å². The molecule has 6 heteroatoms. The van der Waals surface area contributed by atoms with Crippen LogP contribution in [0.3, 0.4) is 0 Å². The first-order valence-electron chi connectivity index (χ1n) is 11.4. The van der Waals surface area contributed by atoms with E-state index >= 15 is 0 Å². The maximum Gasteiger partial charge on any atom is 0.123 e. The molecule has 6 nitrogen and oxygen atoms in total. The number of aromatic amines is 1. The van der Waals surface area contributed by atoms with Gasteiger partial charge in [0.2, 0.25) is 0 Å². The SMILES string of the molecule is c1ccc(C[N+]2(CCCCc3c[nH]c4ccc(-n5cnnc5)cc34)CCNCC2)cc1. The van der Waals surface area contributed by atoms with Crippen LogP contribution in [-0.2, 0) is 13.0 Å². The lowest BCUT2D eigenvalue weighted by Gasteiger charge is -2.42. The molecule has 1 aliphatic rings. The summed E-state index contributed by atoms with van der Waals surface area (Å²) in [5.74, 6) is 0. The number of hydrogen-bond acceptors (Lipinski definition) is 3. The van der Waals surface area contributed by atoms with Gasteiger partial charge in [0.25, 0.3) is 0 Å². The summed E-state index contributed by atoms with van der Waals surface area (Å²) < 4.78 is 3.17. The molecule has 0 radical (unpaired) electrons. The quantitative estimate of drug-likeness (QED) is 0.341. The molecule has 2 N–H and O–H groups in total. The van der Waals surface area contributed by atoms with E-state index in [4.69, 9.17) is 0 Å². The topological polar surface area (TPSA) is 58.5 Å². The Bertz CT molecular complexity index is 1090. The van der Waals surface area contributed by atoms with Gasteiger partial charge >= 0.3 is 0 Å². The molecule has 0 atom stereocenters. The first-order chi connectivity index (χ1) is 15.3. The first kappa shape index (κ1) is 20.0. The van der Waals surface area contributed by atoms with Crippen LogP contribution in [0.4, 0.5) is 0 Å². The number of hydrogen-bond donors (Lipinski definition) is 2. The van der Waals surface area contributed by atoms with Crippen LogP contribution >= 0.6 is 0 Å². The second-order valence-electron chi connectivity index (χ2n) is 8.78.